The van der Waals surface area contributed by atoms with Crippen LogP contribution in [0.25, 0.3) is 0 Å². The number of aromatic nitrogens is 1. The number of nitrogens with one attached hydrogen (secondary N) is 2. The molecule has 110 valence electrons. The van der Waals surface area contributed by atoms with Crippen LogP contribution in [0, 0.1) is 11.7 Å². The van der Waals surface area contributed by atoms with E-state index in [0.717, 1.165) is 31.9 Å². The molecule has 0 aliphatic heterocycles. The Kier molecular flexibility index (Phi) is 4.93. The molecule has 1 aliphatic rings. The van der Waals surface area contributed by atoms with Crippen molar-refractivity contribution in [2.75, 3.05) is 11.9 Å². The van der Waals surface area contributed by atoms with Crippen LogP contribution in [-0.2, 0) is 0 Å². The summed E-state index contributed by atoms with van der Waals surface area (Å²) in [5, 5.41) is 6.03. The average molecular weight is 279 g/mol. The van der Waals surface area contributed by atoms with Gasteiger partial charge in [-0.05, 0) is 31.2 Å². The van der Waals surface area contributed by atoms with E-state index in [1.54, 1.807) is 0 Å². The molecule has 0 radical (unpaired) electrons. The van der Waals surface area contributed by atoms with Crippen molar-refractivity contribution < 1.29 is 9.18 Å². The van der Waals surface area contributed by atoms with Gasteiger partial charge in [0, 0.05) is 12.6 Å². The molecule has 1 aromatic heterocycles. The van der Waals surface area contributed by atoms with Crippen molar-refractivity contribution >= 4 is 11.7 Å². The van der Waals surface area contributed by atoms with Gasteiger partial charge < -0.3 is 10.6 Å². The van der Waals surface area contributed by atoms with E-state index in [2.05, 4.69) is 22.5 Å². The van der Waals surface area contributed by atoms with E-state index < -0.39 is 5.82 Å². The van der Waals surface area contributed by atoms with Gasteiger partial charge in [-0.25, -0.2) is 9.37 Å². The van der Waals surface area contributed by atoms with Gasteiger partial charge in [0.05, 0.1) is 11.8 Å². The lowest BCUT2D eigenvalue weighted by Gasteiger charge is -2.11. The molecule has 0 saturated heterocycles. The molecule has 0 aromatic carbocycles. The van der Waals surface area contributed by atoms with Gasteiger partial charge in [0.15, 0.2) is 0 Å². The average Bonchev–Trinajstić information content (AvgIpc) is 3.15. The molecule has 1 heterocycles. The van der Waals surface area contributed by atoms with Crippen LogP contribution in [0.2, 0.25) is 0 Å². The number of carbonyl (C=O) groups excluding carboxylic acids is 1. The Labute approximate surface area is 119 Å². The van der Waals surface area contributed by atoms with Crippen molar-refractivity contribution in [1.29, 1.82) is 0 Å². The van der Waals surface area contributed by atoms with Gasteiger partial charge >= 0.3 is 0 Å². The third-order valence-electron chi connectivity index (χ3n) is 3.54. The molecule has 0 bridgehead atoms. The summed E-state index contributed by atoms with van der Waals surface area (Å²) in [4.78, 5) is 16.2. The van der Waals surface area contributed by atoms with Gasteiger partial charge in [0.25, 0.3) is 5.91 Å². The maximum Gasteiger partial charge on any atom is 0.255 e. The van der Waals surface area contributed by atoms with Crippen LogP contribution in [0.3, 0.4) is 0 Å². The quantitative estimate of drug-likeness (QED) is 0.807. The molecule has 0 spiro atoms. The topological polar surface area (TPSA) is 54.0 Å². The van der Waals surface area contributed by atoms with E-state index in [4.69, 9.17) is 0 Å². The SMILES string of the molecule is CCCNc1ncc(F)cc1C(=O)NC1CC1CCC. The summed E-state index contributed by atoms with van der Waals surface area (Å²) >= 11 is 0. The normalized spacial score (nSPS) is 20.6. The second-order valence-corrected chi connectivity index (χ2v) is 5.34. The number of nitrogens with zero attached hydrogens (tertiary/aromatic N) is 1. The van der Waals surface area contributed by atoms with Crippen molar-refractivity contribution in [3.05, 3.63) is 23.6 Å². The molecule has 1 fully saturated rings. The highest BCUT2D eigenvalue weighted by Gasteiger charge is 2.37. The van der Waals surface area contributed by atoms with Crippen molar-refractivity contribution in [2.45, 2.75) is 45.6 Å². The van der Waals surface area contributed by atoms with Crippen LogP contribution in [0.4, 0.5) is 10.2 Å². The summed E-state index contributed by atoms with van der Waals surface area (Å²) in [5.41, 5.74) is 0.292. The van der Waals surface area contributed by atoms with Crippen molar-refractivity contribution in [1.82, 2.24) is 10.3 Å². The zero-order chi connectivity index (χ0) is 14.5. The summed E-state index contributed by atoms with van der Waals surface area (Å²) in [6, 6.07) is 1.49. The molecule has 2 N–H and O–H groups in total. The molecule has 20 heavy (non-hydrogen) atoms. The number of carbonyl (C=O) groups is 1. The molecular weight excluding hydrogens is 257 g/mol. The third kappa shape index (κ3) is 3.68. The van der Waals surface area contributed by atoms with Gasteiger partial charge in [-0.2, -0.15) is 0 Å². The van der Waals surface area contributed by atoms with Gasteiger partial charge in [0.2, 0.25) is 0 Å². The highest BCUT2D eigenvalue weighted by Crippen LogP contribution is 2.34. The second kappa shape index (κ2) is 6.68. The summed E-state index contributed by atoms with van der Waals surface area (Å²) in [7, 11) is 0. The Morgan fingerprint density at radius 2 is 2.25 bits per heavy atom. The number of anilines is 1. The number of hydrogen-bond acceptors (Lipinski definition) is 3. The molecule has 1 amide bonds. The Bertz CT molecular complexity index is 478. The van der Waals surface area contributed by atoms with Gasteiger partial charge in [-0.1, -0.05) is 20.3 Å². The summed E-state index contributed by atoms with van der Waals surface area (Å²) in [6.07, 6.45) is 5.34. The Morgan fingerprint density at radius 3 is 2.95 bits per heavy atom. The highest BCUT2D eigenvalue weighted by atomic mass is 19.1. The first-order valence-corrected chi connectivity index (χ1v) is 7.36. The number of halogens is 1. The van der Waals surface area contributed by atoms with E-state index >= 15 is 0 Å². The fourth-order valence-electron chi connectivity index (χ4n) is 2.36. The van der Waals surface area contributed by atoms with Crippen molar-refractivity contribution in [2.24, 2.45) is 5.92 Å². The van der Waals surface area contributed by atoms with Crippen LogP contribution < -0.4 is 10.6 Å². The minimum absolute atomic E-state index is 0.237. The highest BCUT2D eigenvalue weighted by molar-refractivity contribution is 5.99. The molecule has 2 rings (SSSR count). The van der Waals surface area contributed by atoms with E-state index in [0.29, 0.717) is 23.8 Å². The lowest BCUT2D eigenvalue weighted by molar-refractivity contribution is 0.0949. The van der Waals surface area contributed by atoms with Gasteiger partial charge in [0.1, 0.15) is 11.6 Å². The molecule has 2 atom stereocenters. The van der Waals surface area contributed by atoms with Crippen LogP contribution in [0.1, 0.15) is 49.9 Å². The fraction of sp³-hybridized carbons (Fsp3) is 0.600. The van der Waals surface area contributed by atoms with E-state index in [1.807, 2.05) is 6.92 Å². The van der Waals surface area contributed by atoms with Crippen LogP contribution in [-0.4, -0.2) is 23.5 Å². The molecule has 5 heteroatoms. The minimum atomic E-state index is -0.488. The molecule has 4 nitrogen and oxygen atoms in total. The molecule has 1 aliphatic carbocycles. The van der Waals surface area contributed by atoms with Crippen LogP contribution >= 0.6 is 0 Å². The Balaban J connectivity index is 2.02. The fourth-order valence-corrected chi connectivity index (χ4v) is 2.36. The van der Waals surface area contributed by atoms with E-state index in [1.165, 1.54) is 6.07 Å². The predicted octanol–water partition coefficient (Wildman–Crippen LogP) is 2.96. The van der Waals surface area contributed by atoms with E-state index in [9.17, 15) is 9.18 Å². The molecular formula is C15H22FN3O. The smallest absolute Gasteiger partial charge is 0.255 e. The molecule has 1 saturated carbocycles. The predicted molar refractivity (Wildman–Crippen MR) is 77.2 cm³/mol. The largest absolute Gasteiger partial charge is 0.369 e. The third-order valence-corrected chi connectivity index (χ3v) is 3.54. The summed E-state index contributed by atoms with van der Waals surface area (Å²) in [5.74, 6) is 0.313. The van der Waals surface area contributed by atoms with Gasteiger partial charge in [-0.3, -0.25) is 4.79 Å². The first-order chi connectivity index (χ1) is 9.65. The standard InChI is InChI=1S/C15H22FN3O/c1-3-5-10-7-13(10)19-15(20)12-8-11(16)9-18-14(12)17-6-4-2/h8-10,13H,3-7H2,1-2H3,(H,17,18)(H,19,20). The van der Waals surface area contributed by atoms with Crippen molar-refractivity contribution in [3.8, 4) is 0 Å². The molecule has 1 aromatic rings. The first-order valence-electron chi connectivity index (χ1n) is 7.36. The summed E-state index contributed by atoms with van der Waals surface area (Å²) in [6.45, 7) is 4.87. The number of rotatable bonds is 7. The minimum Gasteiger partial charge on any atom is -0.369 e. The summed E-state index contributed by atoms with van der Waals surface area (Å²) < 4.78 is 13.3. The number of amides is 1. The molecule has 2 unspecified atom stereocenters. The van der Waals surface area contributed by atoms with Crippen LogP contribution in [0.5, 0.6) is 0 Å². The maximum atomic E-state index is 13.3. The van der Waals surface area contributed by atoms with E-state index in [-0.39, 0.29) is 11.9 Å². The number of pyridine rings is 1. The van der Waals surface area contributed by atoms with Gasteiger partial charge in [-0.15, -0.1) is 0 Å². The monoisotopic (exact) mass is 279 g/mol. The lowest BCUT2D eigenvalue weighted by atomic mass is 10.2. The second-order valence-electron chi connectivity index (χ2n) is 5.34. The zero-order valence-corrected chi connectivity index (χ0v) is 12.1. The Hall–Kier alpha value is -1.65. The number of hydrogen-bond donors (Lipinski definition) is 2. The zero-order valence-electron chi connectivity index (χ0n) is 12.1. The maximum absolute atomic E-state index is 13.3. The first kappa shape index (κ1) is 14.8. The Morgan fingerprint density at radius 1 is 1.45 bits per heavy atom. The van der Waals surface area contributed by atoms with Crippen molar-refractivity contribution in [3.63, 3.8) is 0 Å². The lowest BCUT2D eigenvalue weighted by Crippen LogP contribution is -2.28. The van der Waals surface area contributed by atoms with Crippen LogP contribution in [0.15, 0.2) is 12.3 Å².